The number of hydrogen-bond acceptors (Lipinski definition) is 4. The van der Waals surface area contributed by atoms with Gasteiger partial charge in [-0.15, -0.1) is 0 Å². The summed E-state index contributed by atoms with van der Waals surface area (Å²) in [4.78, 5) is 2.41. The van der Waals surface area contributed by atoms with E-state index in [9.17, 15) is 0 Å². The van der Waals surface area contributed by atoms with Crippen molar-refractivity contribution in [2.45, 2.75) is 13.0 Å². The average Bonchev–Trinajstić information content (AvgIpc) is 2.48. The third-order valence-corrected chi connectivity index (χ3v) is 3.50. The number of nitrogens with one attached hydrogen (secondary N) is 1. The molecular formula is C15H21N3O. The molecule has 1 aliphatic rings. The zero-order valence-corrected chi connectivity index (χ0v) is 11.4. The lowest BCUT2D eigenvalue weighted by Crippen LogP contribution is -2.40. The fraction of sp³-hybridized carbons (Fsp3) is 0.533. The molecule has 102 valence electrons. The van der Waals surface area contributed by atoms with Gasteiger partial charge in [-0.3, -0.25) is 4.90 Å². The molecule has 4 heteroatoms. The van der Waals surface area contributed by atoms with Gasteiger partial charge in [0.25, 0.3) is 0 Å². The second kappa shape index (κ2) is 7.25. The van der Waals surface area contributed by atoms with Gasteiger partial charge < -0.3 is 10.1 Å². The summed E-state index contributed by atoms with van der Waals surface area (Å²) in [6.07, 6.45) is 0. The minimum Gasteiger partial charge on any atom is -0.379 e. The monoisotopic (exact) mass is 259 g/mol. The molecule has 1 saturated heterocycles. The van der Waals surface area contributed by atoms with E-state index in [1.165, 1.54) is 5.56 Å². The highest BCUT2D eigenvalue weighted by molar-refractivity contribution is 5.33. The van der Waals surface area contributed by atoms with E-state index in [0.29, 0.717) is 0 Å². The maximum Gasteiger partial charge on any atom is 0.0991 e. The summed E-state index contributed by atoms with van der Waals surface area (Å²) in [6, 6.07) is 10.2. The second-order valence-electron chi connectivity index (χ2n) is 4.87. The number of ether oxygens (including phenoxy) is 1. The normalized spacial score (nSPS) is 17.9. The van der Waals surface area contributed by atoms with Crippen LogP contribution in [0.5, 0.6) is 0 Å². The van der Waals surface area contributed by atoms with Crippen molar-refractivity contribution < 1.29 is 4.74 Å². The Bertz CT molecular complexity index is 435. The highest BCUT2D eigenvalue weighted by atomic mass is 16.5. The number of nitriles is 1. The highest BCUT2D eigenvalue weighted by Crippen LogP contribution is 2.13. The van der Waals surface area contributed by atoms with Gasteiger partial charge in [-0.05, 0) is 24.6 Å². The quantitative estimate of drug-likeness (QED) is 0.871. The summed E-state index contributed by atoms with van der Waals surface area (Å²) in [7, 11) is 0. The van der Waals surface area contributed by atoms with Gasteiger partial charge in [0.05, 0.1) is 24.8 Å². The van der Waals surface area contributed by atoms with E-state index in [0.717, 1.165) is 45.0 Å². The summed E-state index contributed by atoms with van der Waals surface area (Å²) in [5, 5.41) is 12.4. The molecular weight excluding hydrogens is 238 g/mol. The number of nitrogens with zero attached hydrogens (tertiary/aromatic N) is 2. The first-order chi connectivity index (χ1) is 9.29. The van der Waals surface area contributed by atoms with Crippen LogP contribution < -0.4 is 5.32 Å². The van der Waals surface area contributed by atoms with Gasteiger partial charge in [-0.2, -0.15) is 5.26 Å². The Morgan fingerprint density at radius 1 is 1.42 bits per heavy atom. The van der Waals surface area contributed by atoms with Crippen LogP contribution in [0.3, 0.4) is 0 Å². The van der Waals surface area contributed by atoms with Crippen molar-refractivity contribution >= 4 is 0 Å². The summed E-state index contributed by atoms with van der Waals surface area (Å²) in [5.41, 5.74) is 1.89. The van der Waals surface area contributed by atoms with E-state index in [-0.39, 0.29) is 6.04 Å². The standard InChI is InChI=1S/C15H21N3O/c1-13(15-4-2-3-14(11-15)12-16)17-5-6-18-7-9-19-10-8-18/h2-4,11,13,17H,5-10H2,1H3. The zero-order valence-electron chi connectivity index (χ0n) is 11.4. The average molecular weight is 259 g/mol. The predicted molar refractivity (Wildman–Crippen MR) is 74.8 cm³/mol. The minimum atomic E-state index is 0.273. The first kappa shape index (κ1) is 14.0. The van der Waals surface area contributed by atoms with Crippen LogP contribution in [0.25, 0.3) is 0 Å². The zero-order chi connectivity index (χ0) is 13.5. The molecule has 1 heterocycles. The Morgan fingerprint density at radius 2 is 2.21 bits per heavy atom. The summed E-state index contributed by atoms with van der Waals surface area (Å²) >= 11 is 0. The Hall–Kier alpha value is -1.41. The molecule has 0 aliphatic carbocycles. The number of benzene rings is 1. The molecule has 4 nitrogen and oxygen atoms in total. The topological polar surface area (TPSA) is 48.3 Å². The third-order valence-electron chi connectivity index (χ3n) is 3.50. The van der Waals surface area contributed by atoms with Crippen LogP contribution in [0.15, 0.2) is 24.3 Å². The molecule has 2 rings (SSSR count). The van der Waals surface area contributed by atoms with Crippen LogP contribution in [0, 0.1) is 11.3 Å². The molecule has 0 spiro atoms. The molecule has 0 bridgehead atoms. The van der Waals surface area contributed by atoms with E-state index < -0.39 is 0 Å². The largest absolute Gasteiger partial charge is 0.379 e. The Morgan fingerprint density at radius 3 is 2.95 bits per heavy atom. The van der Waals surface area contributed by atoms with Gasteiger partial charge in [-0.25, -0.2) is 0 Å². The second-order valence-corrected chi connectivity index (χ2v) is 4.87. The lowest BCUT2D eigenvalue weighted by Gasteiger charge is -2.27. The molecule has 0 radical (unpaired) electrons. The van der Waals surface area contributed by atoms with Crippen molar-refractivity contribution in [3.63, 3.8) is 0 Å². The smallest absolute Gasteiger partial charge is 0.0991 e. The Balaban J connectivity index is 1.77. The maximum atomic E-state index is 8.90. The van der Waals surface area contributed by atoms with Gasteiger partial charge in [0.15, 0.2) is 0 Å². The SMILES string of the molecule is CC(NCCN1CCOCC1)c1cccc(C#N)c1. The van der Waals surface area contributed by atoms with Gasteiger partial charge in [0.2, 0.25) is 0 Å². The van der Waals surface area contributed by atoms with Crippen LogP contribution >= 0.6 is 0 Å². The van der Waals surface area contributed by atoms with E-state index in [2.05, 4.69) is 29.3 Å². The molecule has 1 aliphatic heterocycles. The summed E-state index contributed by atoms with van der Waals surface area (Å²) in [5.74, 6) is 0. The fourth-order valence-corrected chi connectivity index (χ4v) is 2.26. The Labute approximate surface area is 115 Å². The van der Waals surface area contributed by atoms with E-state index in [1.54, 1.807) is 0 Å². The van der Waals surface area contributed by atoms with Crippen LogP contribution in [-0.4, -0.2) is 44.3 Å². The molecule has 1 fully saturated rings. The molecule has 19 heavy (non-hydrogen) atoms. The van der Waals surface area contributed by atoms with Crippen molar-refractivity contribution in [2.24, 2.45) is 0 Å². The van der Waals surface area contributed by atoms with Crippen molar-refractivity contribution in [1.82, 2.24) is 10.2 Å². The lowest BCUT2D eigenvalue weighted by molar-refractivity contribution is 0.0382. The molecule has 1 unspecified atom stereocenters. The lowest BCUT2D eigenvalue weighted by atomic mass is 10.1. The van der Waals surface area contributed by atoms with Crippen LogP contribution in [0.1, 0.15) is 24.1 Å². The van der Waals surface area contributed by atoms with Crippen LogP contribution in [-0.2, 0) is 4.74 Å². The molecule has 0 aromatic heterocycles. The van der Waals surface area contributed by atoms with Gasteiger partial charge in [-0.1, -0.05) is 12.1 Å². The fourth-order valence-electron chi connectivity index (χ4n) is 2.26. The highest BCUT2D eigenvalue weighted by Gasteiger charge is 2.10. The predicted octanol–water partition coefficient (Wildman–Crippen LogP) is 1.54. The van der Waals surface area contributed by atoms with Crippen LogP contribution in [0.4, 0.5) is 0 Å². The first-order valence-corrected chi connectivity index (χ1v) is 6.83. The Kier molecular flexibility index (Phi) is 5.34. The first-order valence-electron chi connectivity index (χ1n) is 6.83. The summed E-state index contributed by atoms with van der Waals surface area (Å²) in [6.45, 7) is 7.89. The van der Waals surface area contributed by atoms with Gasteiger partial charge >= 0.3 is 0 Å². The van der Waals surface area contributed by atoms with Crippen molar-refractivity contribution in [1.29, 1.82) is 5.26 Å². The molecule has 1 atom stereocenters. The molecule has 1 aromatic carbocycles. The number of hydrogen-bond donors (Lipinski definition) is 1. The molecule has 1 aromatic rings. The third kappa shape index (κ3) is 4.32. The van der Waals surface area contributed by atoms with Gasteiger partial charge in [0.1, 0.15) is 0 Å². The summed E-state index contributed by atoms with van der Waals surface area (Å²) < 4.78 is 5.33. The minimum absolute atomic E-state index is 0.273. The molecule has 0 saturated carbocycles. The molecule has 0 amide bonds. The van der Waals surface area contributed by atoms with Crippen LogP contribution in [0.2, 0.25) is 0 Å². The number of morpholine rings is 1. The van der Waals surface area contributed by atoms with Crippen molar-refractivity contribution in [3.05, 3.63) is 35.4 Å². The van der Waals surface area contributed by atoms with Gasteiger partial charge in [0, 0.05) is 32.2 Å². The maximum absolute atomic E-state index is 8.90. The van der Waals surface area contributed by atoms with E-state index in [1.807, 2.05) is 18.2 Å². The van der Waals surface area contributed by atoms with E-state index in [4.69, 9.17) is 10.00 Å². The van der Waals surface area contributed by atoms with Crippen molar-refractivity contribution in [2.75, 3.05) is 39.4 Å². The number of rotatable bonds is 5. The van der Waals surface area contributed by atoms with Crippen molar-refractivity contribution in [3.8, 4) is 6.07 Å². The van der Waals surface area contributed by atoms with E-state index >= 15 is 0 Å². The molecule has 1 N–H and O–H groups in total.